The summed E-state index contributed by atoms with van der Waals surface area (Å²) in [4.78, 5) is 58.5. The number of hydrogen-bond donors (Lipinski definition) is 4. The number of carbonyl (C=O) groups excluding carboxylic acids is 4. The summed E-state index contributed by atoms with van der Waals surface area (Å²) in [5.41, 5.74) is 1.42. The van der Waals surface area contributed by atoms with Crippen molar-refractivity contribution in [1.82, 2.24) is 25.8 Å². The van der Waals surface area contributed by atoms with Crippen molar-refractivity contribution in [3.63, 3.8) is 0 Å². The second kappa shape index (κ2) is 16.0. The Kier molecular flexibility index (Phi) is 11.9. The minimum absolute atomic E-state index is 0.167. The molecule has 44 heavy (non-hydrogen) atoms. The predicted molar refractivity (Wildman–Crippen MR) is 173 cm³/mol. The highest BCUT2D eigenvalue weighted by Gasteiger charge is 2.50. The Morgan fingerprint density at radius 2 is 1.59 bits per heavy atom. The van der Waals surface area contributed by atoms with E-state index in [4.69, 9.17) is 0 Å². The first kappa shape index (κ1) is 32.7. The van der Waals surface area contributed by atoms with Crippen LogP contribution >= 0.6 is 12.6 Å². The van der Waals surface area contributed by atoms with Gasteiger partial charge in [0.2, 0.25) is 17.7 Å². The van der Waals surface area contributed by atoms with Crippen LogP contribution in [0, 0.1) is 0 Å². The Bertz CT molecular complexity index is 1390. The Labute approximate surface area is 264 Å². The molecule has 3 N–H and O–H groups in total. The van der Waals surface area contributed by atoms with E-state index in [1.54, 1.807) is 36.5 Å². The molecule has 2 heterocycles. The van der Waals surface area contributed by atoms with Gasteiger partial charge in [0.05, 0.1) is 5.25 Å². The largest absolute Gasteiger partial charge is 0.357 e. The third kappa shape index (κ3) is 8.69. The highest BCUT2D eigenvalue weighted by Crippen LogP contribution is 2.31. The molecule has 0 saturated carbocycles. The number of likely N-dealkylation sites (tertiary alicyclic amines) is 1. The number of carbonyl (C=O) groups is 4. The number of likely N-dealkylation sites (N-methyl/N-ethyl adjacent to an activating group) is 1. The summed E-state index contributed by atoms with van der Waals surface area (Å²) in [6, 6.07) is 22.1. The average Bonchev–Trinajstić information content (AvgIpc) is 3.38. The van der Waals surface area contributed by atoms with Crippen LogP contribution in [0.1, 0.15) is 53.6 Å². The van der Waals surface area contributed by atoms with E-state index in [1.807, 2.05) is 60.7 Å². The second-order valence-electron chi connectivity index (χ2n) is 11.1. The molecule has 10 heteroatoms. The van der Waals surface area contributed by atoms with Gasteiger partial charge in [0, 0.05) is 44.5 Å². The maximum atomic E-state index is 14.2. The molecule has 1 aliphatic rings. The minimum atomic E-state index is -1.14. The number of pyridine rings is 1. The molecule has 4 amide bonds. The Balaban J connectivity index is 1.40. The number of nitrogens with zero attached hydrogens (tertiary/aromatic N) is 2. The number of thiol groups is 1. The van der Waals surface area contributed by atoms with Crippen LogP contribution in [-0.2, 0) is 27.2 Å². The van der Waals surface area contributed by atoms with Gasteiger partial charge in [-0.1, -0.05) is 67.1 Å². The van der Waals surface area contributed by atoms with Crippen molar-refractivity contribution >= 4 is 36.3 Å². The Morgan fingerprint density at radius 1 is 0.932 bits per heavy atom. The molecule has 1 saturated heterocycles. The summed E-state index contributed by atoms with van der Waals surface area (Å²) >= 11 is 4.58. The molecule has 0 aliphatic carbocycles. The Hall–Kier alpha value is -4.18. The molecule has 0 unspecified atom stereocenters. The normalized spacial score (nSPS) is 17.5. The van der Waals surface area contributed by atoms with Crippen LogP contribution in [0.25, 0.3) is 0 Å². The van der Waals surface area contributed by atoms with Gasteiger partial charge in [0.15, 0.2) is 0 Å². The van der Waals surface area contributed by atoms with E-state index in [0.717, 1.165) is 11.1 Å². The van der Waals surface area contributed by atoms with Crippen LogP contribution in [-0.4, -0.2) is 70.5 Å². The number of benzene rings is 2. The van der Waals surface area contributed by atoms with Gasteiger partial charge in [0.25, 0.3) is 5.91 Å². The number of unbranched alkanes of at least 4 members (excludes halogenated alkanes) is 1. The van der Waals surface area contributed by atoms with E-state index in [9.17, 15) is 19.2 Å². The Morgan fingerprint density at radius 3 is 2.25 bits per heavy atom. The lowest BCUT2D eigenvalue weighted by Gasteiger charge is -2.33. The fraction of sp³-hybridized carbons (Fsp3) is 0.382. The van der Waals surface area contributed by atoms with Gasteiger partial charge in [-0.05, 0) is 55.4 Å². The van der Waals surface area contributed by atoms with E-state index in [1.165, 1.54) is 0 Å². The summed E-state index contributed by atoms with van der Waals surface area (Å²) < 4.78 is 0. The number of aromatic nitrogens is 1. The fourth-order valence-electron chi connectivity index (χ4n) is 5.57. The smallest absolute Gasteiger partial charge is 0.251 e. The number of aryl methyl sites for hydroxylation is 1. The molecule has 9 nitrogen and oxygen atoms in total. The minimum Gasteiger partial charge on any atom is -0.357 e. The number of hydrogen-bond acceptors (Lipinski definition) is 6. The summed E-state index contributed by atoms with van der Waals surface area (Å²) in [6.07, 6.45) is 6.76. The van der Waals surface area contributed by atoms with Crippen LogP contribution in [0.15, 0.2) is 85.2 Å². The number of nitrogens with one attached hydrogen (secondary N) is 3. The lowest BCUT2D eigenvalue weighted by molar-refractivity contribution is -0.142. The summed E-state index contributed by atoms with van der Waals surface area (Å²) in [7, 11) is 1.57. The molecule has 3 aromatic rings. The average molecular weight is 616 g/mol. The topological polar surface area (TPSA) is 120 Å². The molecule has 1 fully saturated rings. The van der Waals surface area contributed by atoms with Crippen molar-refractivity contribution < 1.29 is 19.2 Å². The first-order chi connectivity index (χ1) is 21.3. The fourth-order valence-corrected chi connectivity index (χ4v) is 5.82. The number of rotatable bonds is 15. The lowest BCUT2D eigenvalue weighted by atomic mass is 9.89. The maximum Gasteiger partial charge on any atom is 0.251 e. The van der Waals surface area contributed by atoms with E-state index in [2.05, 4.69) is 33.6 Å². The van der Waals surface area contributed by atoms with E-state index < -0.39 is 16.8 Å². The molecule has 4 rings (SSSR count). The van der Waals surface area contributed by atoms with Crippen LogP contribution in [0.5, 0.6) is 0 Å². The van der Waals surface area contributed by atoms with Crippen molar-refractivity contribution in [2.45, 2.75) is 61.8 Å². The molecule has 0 bridgehead atoms. The van der Waals surface area contributed by atoms with Crippen molar-refractivity contribution in [3.05, 3.63) is 102 Å². The van der Waals surface area contributed by atoms with Crippen LogP contribution in [0.3, 0.4) is 0 Å². The molecule has 1 aliphatic heterocycles. The predicted octanol–water partition coefficient (Wildman–Crippen LogP) is 3.36. The highest BCUT2D eigenvalue weighted by atomic mass is 32.1. The van der Waals surface area contributed by atoms with Crippen molar-refractivity contribution in [1.29, 1.82) is 0 Å². The highest BCUT2D eigenvalue weighted by molar-refractivity contribution is 7.81. The first-order valence-corrected chi connectivity index (χ1v) is 15.6. The lowest BCUT2D eigenvalue weighted by Crippen LogP contribution is -2.58. The third-order valence-corrected chi connectivity index (χ3v) is 8.62. The van der Waals surface area contributed by atoms with E-state index in [0.29, 0.717) is 63.6 Å². The van der Waals surface area contributed by atoms with Gasteiger partial charge in [-0.3, -0.25) is 24.2 Å². The van der Waals surface area contributed by atoms with E-state index in [-0.39, 0.29) is 23.6 Å². The molecular formula is C34H41N5O4S. The molecule has 1 aromatic heterocycles. The quantitative estimate of drug-likeness (QED) is 0.154. The zero-order chi connectivity index (χ0) is 31.4. The van der Waals surface area contributed by atoms with Gasteiger partial charge in [-0.15, -0.1) is 0 Å². The molecule has 3 atom stereocenters. The van der Waals surface area contributed by atoms with Crippen LogP contribution in [0.4, 0.5) is 0 Å². The van der Waals surface area contributed by atoms with Gasteiger partial charge in [0.1, 0.15) is 11.6 Å². The summed E-state index contributed by atoms with van der Waals surface area (Å²) in [5, 5.41) is 8.05. The van der Waals surface area contributed by atoms with Crippen molar-refractivity contribution in [3.8, 4) is 0 Å². The standard InChI is InChI=1S/C34H41N5O4S/c1-35-31(41)28(24-26-12-6-3-7-13-26)39-23-19-34(33(39)43,18-15-25-10-4-2-5-11-25)38-32(42)29(44)14-8-9-20-37-30(40)27-16-21-36-22-17-27/h2-7,10-13,16-17,21-22,28-29,44H,8-9,14-15,18-20,23-24H2,1H3,(H,35,41)(H,37,40)(H,38,42)/t28-,29+,34+/m0/s1. The van der Waals surface area contributed by atoms with Crippen LogP contribution < -0.4 is 16.0 Å². The number of amides is 4. The molecular weight excluding hydrogens is 574 g/mol. The van der Waals surface area contributed by atoms with Crippen molar-refractivity contribution in [2.75, 3.05) is 20.1 Å². The van der Waals surface area contributed by atoms with Gasteiger partial charge >= 0.3 is 0 Å². The maximum absolute atomic E-state index is 14.2. The molecule has 2 aromatic carbocycles. The molecule has 232 valence electrons. The van der Waals surface area contributed by atoms with E-state index >= 15 is 0 Å². The summed E-state index contributed by atoms with van der Waals surface area (Å²) in [5.74, 6) is -0.960. The second-order valence-corrected chi connectivity index (χ2v) is 11.8. The zero-order valence-corrected chi connectivity index (χ0v) is 26.0. The monoisotopic (exact) mass is 615 g/mol. The van der Waals surface area contributed by atoms with Gasteiger partial charge in [-0.25, -0.2) is 0 Å². The van der Waals surface area contributed by atoms with Gasteiger partial charge in [-0.2, -0.15) is 12.6 Å². The first-order valence-electron chi connectivity index (χ1n) is 15.1. The molecule has 0 radical (unpaired) electrons. The zero-order valence-electron chi connectivity index (χ0n) is 25.1. The SMILES string of the molecule is CNC(=O)[C@H](Cc1ccccc1)N1CC[C@@](CCc2ccccc2)(NC(=O)[C@H](S)CCCCNC(=O)c2ccncc2)C1=O. The molecule has 0 spiro atoms. The van der Waals surface area contributed by atoms with Gasteiger partial charge < -0.3 is 20.9 Å². The van der Waals surface area contributed by atoms with Crippen molar-refractivity contribution in [2.24, 2.45) is 0 Å². The third-order valence-electron chi connectivity index (χ3n) is 8.13. The van der Waals surface area contributed by atoms with Crippen LogP contribution in [0.2, 0.25) is 0 Å². The summed E-state index contributed by atoms with van der Waals surface area (Å²) in [6.45, 7) is 0.827.